The average Bonchev–Trinajstić information content (AvgIpc) is 2.69. The van der Waals surface area contributed by atoms with Gasteiger partial charge in [0.25, 0.3) is 0 Å². The first kappa shape index (κ1) is 11.6. The van der Waals surface area contributed by atoms with E-state index in [1.807, 2.05) is 11.1 Å². The lowest BCUT2D eigenvalue weighted by Gasteiger charge is -2.27. The lowest BCUT2D eigenvalue weighted by atomic mass is 9.95. The van der Waals surface area contributed by atoms with Gasteiger partial charge >= 0.3 is 5.97 Å². The average molecular weight is 223 g/mol. The lowest BCUT2D eigenvalue weighted by Crippen LogP contribution is -2.33. The first-order valence-corrected chi connectivity index (χ1v) is 6.49. The van der Waals surface area contributed by atoms with Crippen LogP contribution in [-0.2, 0) is 9.63 Å². The predicted octanol–water partition coefficient (Wildman–Crippen LogP) is 2.82. The normalized spacial score (nSPS) is 26.3. The summed E-state index contributed by atoms with van der Waals surface area (Å²) in [5.74, 6) is -0.126. The minimum atomic E-state index is -0.126. The van der Waals surface area contributed by atoms with Gasteiger partial charge in [-0.2, -0.15) is 0 Å². The summed E-state index contributed by atoms with van der Waals surface area (Å²) in [6, 6.07) is 0.463. The fourth-order valence-corrected chi connectivity index (χ4v) is 2.47. The van der Waals surface area contributed by atoms with Crippen LogP contribution in [0.3, 0.4) is 0 Å². The highest BCUT2D eigenvalue weighted by Gasteiger charge is 2.32. The van der Waals surface area contributed by atoms with Crippen molar-refractivity contribution >= 4 is 5.97 Å². The van der Waals surface area contributed by atoms with Gasteiger partial charge in [-0.3, -0.25) is 0 Å². The number of carbonyl (C=O) groups is 1. The van der Waals surface area contributed by atoms with Gasteiger partial charge in [0, 0.05) is 6.04 Å². The second kappa shape index (κ2) is 5.48. The van der Waals surface area contributed by atoms with Crippen molar-refractivity contribution in [2.24, 2.45) is 0 Å². The van der Waals surface area contributed by atoms with Gasteiger partial charge in [-0.25, -0.2) is 4.79 Å². The molecule has 2 fully saturated rings. The second-order valence-electron chi connectivity index (χ2n) is 4.76. The number of nitrogens with zero attached hydrogens (tertiary/aromatic N) is 1. The summed E-state index contributed by atoms with van der Waals surface area (Å²) >= 11 is 0. The van der Waals surface area contributed by atoms with E-state index in [1.54, 1.807) is 0 Å². The quantitative estimate of drug-likeness (QED) is 0.689. The molecular formula is C13H21NO2. The zero-order chi connectivity index (χ0) is 11.4. The molecule has 0 aromatic carbocycles. The minimum Gasteiger partial charge on any atom is -0.363 e. The molecule has 0 bridgehead atoms. The molecule has 1 aliphatic heterocycles. The number of unbranched alkanes of at least 4 members (excludes halogenated alkanes) is 1. The van der Waals surface area contributed by atoms with Crippen LogP contribution in [0.1, 0.15) is 51.9 Å². The number of hydroxylamine groups is 2. The first-order valence-electron chi connectivity index (χ1n) is 6.49. The van der Waals surface area contributed by atoms with Gasteiger partial charge < -0.3 is 4.84 Å². The Morgan fingerprint density at radius 1 is 1.38 bits per heavy atom. The fraction of sp³-hybridized carbons (Fsp3) is 0.769. The molecule has 0 spiro atoms. The summed E-state index contributed by atoms with van der Waals surface area (Å²) in [6.45, 7) is 2.82. The molecule has 0 radical (unpaired) electrons. The molecule has 0 amide bonds. The molecular weight excluding hydrogens is 202 g/mol. The Labute approximate surface area is 97.4 Å². The van der Waals surface area contributed by atoms with E-state index in [2.05, 4.69) is 6.92 Å². The highest BCUT2D eigenvalue weighted by atomic mass is 16.7. The Bertz CT molecular complexity index is 280. The Balaban J connectivity index is 1.92. The van der Waals surface area contributed by atoms with Crippen LogP contribution in [0.25, 0.3) is 0 Å². The molecule has 0 N–H and O–H groups in total. The number of allylic oxidation sites excluding steroid dienone is 1. The van der Waals surface area contributed by atoms with E-state index in [1.165, 1.54) is 32.1 Å². The molecule has 1 saturated heterocycles. The molecule has 1 saturated carbocycles. The van der Waals surface area contributed by atoms with Crippen LogP contribution in [0.2, 0.25) is 0 Å². The fourth-order valence-electron chi connectivity index (χ4n) is 2.47. The van der Waals surface area contributed by atoms with Crippen molar-refractivity contribution in [1.82, 2.24) is 5.06 Å². The molecule has 2 rings (SSSR count). The van der Waals surface area contributed by atoms with Gasteiger partial charge in [0.2, 0.25) is 0 Å². The largest absolute Gasteiger partial charge is 0.363 e. The number of carbonyl (C=O) groups excluding carboxylic acids is 1. The molecule has 0 atom stereocenters. The van der Waals surface area contributed by atoms with Gasteiger partial charge in [-0.15, -0.1) is 5.06 Å². The summed E-state index contributed by atoms with van der Waals surface area (Å²) in [6.07, 6.45) is 10.3. The monoisotopic (exact) mass is 223 g/mol. The molecule has 3 nitrogen and oxygen atoms in total. The van der Waals surface area contributed by atoms with Crippen LogP contribution >= 0.6 is 0 Å². The SMILES string of the molecule is CCC/C=C1\CN(C2CCCCC2)OC1=O. The van der Waals surface area contributed by atoms with Crippen LogP contribution < -0.4 is 0 Å². The van der Waals surface area contributed by atoms with Crippen LogP contribution in [0.4, 0.5) is 0 Å². The first-order chi connectivity index (χ1) is 7.81. The van der Waals surface area contributed by atoms with Gasteiger partial charge in [0.1, 0.15) is 0 Å². The molecule has 0 aromatic heterocycles. The zero-order valence-electron chi connectivity index (χ0n) is 10.1. The van der Waals surface area contributed by atoms with Crippen molar-refractivity contribution in [2.45, 2.75) is 57.9 Å². The van der Waals surface area contributed by atoms with Gasteiger partial charge in [0.15, 0.2) is 0 Å². The van der Waals surface area contributed by atoms with E-state index < -0.39 is 0 Å². The number of hydrogen-bond donors (Lipinski definition) is 0. The molecule has 16 heavy (non-hydrogen) atoms. The lowest BCUT2D eigenvalue weighted by molar-refractivity contribution is -0.181. The summed E-state index contributed by atoms with van der Waals surface area (Å²) in [7, 11) is 0. The Kier molecular flexibility index (Phi) is 3.99. The topological polar surface area (TPSA) is 29.5 Å². The predicted molar refractivity (Wildman–Crippen MR) is 62.7 cm³/mol. The highest BCUT2D eigenvalue weighted by Crippen LogP contribution is 2.27. The third-order valence-corrected chi connectivity index (χ3v) is 3.45. The van der Waals surface area contributed by atoms with Crippen molar-refractivity contribution in [2.75, 3.05) is 6.54 Å². The molecule has 2 aliphatic rings. The smallest absolute Gasteiger partial charge is 0.354 e. The number of rotatable bonds is 3. The van der Waals surface area contributed by atoms with E-state index in [9.17, 15) is 4.79 Å². The summed E-state index contributed by atoms with van der Waals surface area (Å²) in [5.41, 5.74) is 0.854. The summed E-state index contributed by atoms with van der Waals surface area (Å²) in [4.78, 5) is 16.9. The Morgan fingerprint density at radius 3 is 2.81 bits per heavy atom. The van der Waals surface area contributed by atoms with Gasteiger partial charge in [-0.05, 0) is 19.3 Å². The Morgan fingerprint density at radius 2 is 2.12 bits per heavy atom. The Hall–Kier alpha value is -0.830. The third kappa shape index (κ3) is 2.64. The molecule has 0 unspecified atom stereocenters. The second-order valence-corrected chi connectivity index (χ2v) is 4.76. The van der Waals surface area contributed by atoms with E-state index in [4.69, 9.17) is 4.84 Å². The van der Waals surface area contributed by atoms with Crippen LogP contribution in [-0.4, -0.2) is 23.6 Å². The van der Waals surface area contributed by atoms with Crippen molar-refractivity contribution in [3.8, 4) is 0 Å². The summed E-state index contributed by atoms with van der Waals surface area (Å²) in [5, 5.41) is 1.91. The third-order valence-electron chi connectivity index (χ3n) is 3.45. The van der Waals surface area contributed by atoms with Crippen LogP contribution in [0.15, 0.2) is 11.6 Å². The van der Waals surface area contributed by atoms with Crippen LogP contribution in [0, 0.1) is 0 Å². The molecule has 90 valence electrons. The standard InChI is InChI=1S/C13H21NO2/c1-2-3-7-11-10-14(16-13(11)15)12-8-5-4-6-9-12/h7,12H,2-6,8-10H2,1H3/b11-7+. The van der Waals surface area contributed by atoms with Gasteiger partial charge in [-0.1, -0.05) is 38.7 Å². The number of hydrogen-bond acceptors (Lipinski definition) is 3. The van der Waals surface area contributed by atoms with Crippen molar-refractivity contribution in [1.29, 1.82) is 0 Å². The molecule has 0 aromatic rings. The van der Waals surface area contributed by atoms with E-state index >= 15 is 0 Å². The maximum atomic E-state index is 11.6. The molecule has 3 heteroatoms. The zero-order valence-corrected chi connectivity index (χ0v) is 10.1. The highest BCUT2D eigenvalue weighted by molar-refractivity contribution is 5.90. The van der Waals surface area contributed by atoms with Crippen molar-refractivity contribution in [3.63, 3.8) is 0 Å². The maximum Gasteiger partial charge on any atom is 0.354 e. The summed E-state index contributed by atoms with van der Waals surface area (Å²) < 4.78 is 0. The maximum absolute atomic E-state index is 11.6. The van der Waals surface area contributed by atoms with E-state index in [0.29, 0.717) is 12.6 Å². The van der Waals surface area contributed by atoms with Crippen molar-refractivity contribution < 1.29 is 9.63 Å². The van der Waals surface area contributed by atoms with Crippen LogP contribution in [0.5, 0.6) is 0 Å². The molecule has 1 aliphatic carbocycles. The molecule has 1 heterocycles. The van der Waals surface area contributed by atoms with E-state index in [0.717, 1.165) is 18.4 Å². The van der Waals surface area contributed by atoms with Gasteiger partial charge in [0.05, 0.1) is 12.1 Å². The van der Waals surface area contributed by atoms with E-state index in [-0.39, 0.29) is 5.97 Å². The van der Waals surface area contributed by atoms with Crippen molar-refractivity contribution in [3.05, 3.63) is 11.6 Å². The minimum absolute atomic E-state index is 0.126.